The van der Waals surface area contributed by atoms with E-state index in [2.05, 4.69) is 23.7 Å². The minimum Gasteiger partial charge on any atom is -0.478 e. The molecule has 0 radical (unpaired) electrons. The third-order valence-electron chi connectivity index (χ3n) is 3.03. The van der Waals surface area contributed by atoms with Crippen molar-refractivity contribution in [2.75, 3.05) is 26.2 Å². The first-order chi connectivity index (χ1) is 7.63. The SMILES string of the molecule is C=C(CNC1CCN(CCC)CC1)C(=O)O. The predicted molar refractivity (Wildman–Crippen MR) is 64.5 cm³/mol. The lowest BCUT2D eigenvalue weighted by atomic mass is 10.0. The zero-order chi connectivity index (χ0) is 12.0. The summed E-state index contributed by atoms with van der Waals surface area (Å²) in [6.07, 6.45) is 3.41. The van der Waals surface area contributed by atoms with E-state index in [-0.39, 0.29) is 5.57 Å². The lowest BCUT2D eigenvalue weighted by molar-refractivity contribution is -0.132. The molecular formula is C12H22N2O2. The van der Waals surface area contributed by atoms with Crippen molar-refractivity contribution >= 4 is 5.97 Å². The maximum absolute atomic E-state index is 10.6. The number of hydrogen-bond acceptors (Lipinski definition) is 3. The molecule has 0 unspecified atom stereocenters. The monoisotopic (exact) mass is 226 g/mol. The van der Waals surface area contributed by atoms with Gasteiger partial charge >= 0.3 is 5.97 Å². The van der Waals surface area contributed by atoms with Crippen LogP contribution in [-0.2, 0) is 4.79 Å². The molecule has 0 aromatic rings. The summed E-state index contributed by atoms with van der Waals surface area (Å²) in [5.41, 5.74) is 0.246. The smallest absolute Gasteiger partial charge is 0.332 e. The first kappa shape index (κ1) is 13.2. The molecule has 16 heavy (non-hydrogen) atoms. The number of likely N-dealkylation sites (tertiary alicyclic amines) is 1. The molecule has 1 fully saturated rings. The van der Waals surface area contributed by atoms with Gasteiger partial charge in [-0.15, -0.1) is 0 Å². The highest BCUT2D eigenvalue weighted by molar-refractivity contribution is 5.86. The number of aliphatic carboxylic acids is 1. The van der Waals surface area contributed by atoms with Crippen LogP contribution in [0.2, 0.25) is 0 Å². The third kappa shape index (κ3) is 4.33. The van der Waals surface area contributed by atoms with Crippen molar-refractivity contribution in [2.24, 2.45) is 0 Å². The van der Waals surface area contributed by atoms with Crippen molar-refractivity contribution < 1.29 is 9.90 Å². The van der Waals surface area contributed by atoms with Crippen LogP contribution in [0.5, 0.6) is 0 Å². The van der Waals surface area contributed by atoms with Crippen LogP contribution in [0.1, 0.15) is 26.2 Å². The number of carboxylic acid groups (broad SMARTS) is 1. The topological polar surface area (TPSA) is 52.6 Å². The maximum Gasteiger partial charge on any atom is 0.332 e. The Labute approximate surface area is 97.3 Å². The number of carboxylic acids is 1. The summed E-state index contributed by atoms with van der Waals surface area (Å²) in [6, 6.07) is 0.448. The van der Waals surface area contributed by atoms with Gasteiger partial charge in [0.1, 0.15) is 0 Å². The van der Waals surface area contributed by atoms with Gasteiger partial charge in [-0.3, -0.25) is 0 Å². The van der Waals surface area contributed by atoms with Crippen LogP contribution < -0.4 is 5.32 Å². The molecule has 0 amide bonds. The Morgan fingerprint density at radius 2 is 2.12 bits per heavy atom. The Morgan fingerprint density at radius 3 is 2.62 bits per heavy atom. The normalized spacial score (nSPS) is 18.6. The van der Waals surface area contributed by atoms with Gasteiger partial charge in [-0.1, -0.05) is 13.5 Å². The van der Waals surface area contributed by atoms with Crippen LogP contribution in [0.15, 0.2) is 12.2 Å². The van der Waals surface area contributed by atoms with E-state index in [0.29, 0.717) is 12.6 Å². The highest BCUT2D eigenvalue weighted by Gasteiger charge is 2.18. The van der Waals surface area contributed by atoms with E-state index < -0.39 is 5.97 Å². The number of nitrogens with zero attached hydrogens (tertiary/aromatic N) is 1. The summed E-state index contributed by atoms with van der Waals surface area (Å²) < 4.78 is 0. The minimum atomic E-state index is -0.907. The van der Waals surface area contributed by atoms with Gasteiger partial charge in [-0.05, 0) is 38.9 Å². The summed E-state index contributed by atoms with van der Waals surface area (Å²) in [5.74, 6) is -0.907. The first-order valence-corrected chi connectivity index (χ1v) is 6.00. The average molecular weight is 226 g/mol. The standard InChI is InChI=1S/C12H22N2O2/c1-3-6-14-7-4-11(5-8-14)13-9-10(2)12(15)16/h11,13H,2-9H2,1H3,(H,15,16). The van der Waals surface area contributed by atoms with Gasteiger partial charge in [0.15, 0.2) is 0 Å². The predicted octanol–water partition coefficient (Wildman–Crippen LogP) is 1.09. The summed E-state index contributed by atoms with van der Waals surface area (Å²) in [7, 11) is 0. The Kier molecular flexibility index (Phi) is 5.49. The second kappa shape index (κ2) is 6.66. The molecule has 0 spiro atoms. The fraction of sp³-hybridized carbons (Fsp3) is 0.750. The second-order valence-corrected chi connectivity index (χ2v) is 4.41. The zero-order valence-electron chi connectivity index (χ0n) is 10.0. The Hall–Kier alpha value is -0.870. The van der Waals surface area contributed by atoms with Crippen LogP contribution in [0.4, 0.5) is 0 Å². The highest BCUT2D eigenvalue weighted by atomic mass is 16.4. The summed E-state index contributed by atoms with van der Waals surface area (Å²) in [6.45, 7) is 9.51. The van der Waals surface area contributed by atoms with Crippen molar-refractivity contribution in [3.05, 3.63) is 12.2 Å². The van der Waals surface area contributed by atoms with Gasteiger partial charge in [0.05, 0.1) is 0 Å². The van der Waals surface area contributed by atoms with Crippen LogP contribution in [0.25, 0.3) is 0 Å². The number of hydrogen-bond donors (Lipinski definition) is 2. The fourth-order valence-corrected chi connectivity index (χ4v) is 2.02. The van der Waals surface area contributed by atoms with E-state index in [1.807, 2.05) is 0 Å². The molecule has 1 aliphatic rings. The molecule has 92 valence electrons. The van der Waals surface area contributed by atoms with Crippen LogP contribution in [0, 0.1) is 0 Å². The molecule has 0 saturated carbocycles. The molecule has 1 rings (SSSR count). The van der Waals surface area contributed by atoms with Crippen molar-refractivity contribution in [1.29, 1.82) is 0 Å². The van der Waals surface area contributed by atoms with Gasteiger partial charge < -0.3 is 15.3 Å². The molecule has 1 saturated heterocycles. The minimum absolute atomic E-state index is 0.246. The van der Waals surface area contributed by atoms with E-state index in [0.717, 1.165) is 25.9 Å². The summed E-state index contributed by atoms with van der Waals surface area (Å²) in [5, 5.41) is 11.9. The van der Waals surface area contributed by atoms with Crippen LogP contribution >= 0.6 is 0 Å². The molecule has 4 heteroatoms. The van der Waals surface area contributed by atoms with E-state index in [4.69, 9.17) is 5.11 Å². The molecule has 0 atom stereocenters. The Balaban J connectivity index is 2.17. The molecule has 1 heterocycles. The van der Waals surface area contributed by atoms with E-state index >= 15 is 0 Å². The molecule has 0 aliphatic carbocycles. The quantitative estimate of drug-likeness (QED) is 0.666. The molecular weight excluding hydrogens is 204 g/mol. The molecule has 1 aliphatic heterocycles. The Bertz CT molecular complexity index is 245. The number of nitrogens with one attached hydrogen (secondary N) is 1. The lowest BCUT2D eigenvalue weighted by Gasteiger charge is -2.32. The van der Waals surface area contributed by atoms with Crippen molar-refractivity contribution in [3.63, 3.8) is 0 Å². The average Bonchev–Trinajstić information content (AvgIpc) is 2.28. The highest BCUT2D eigenvalue weighted by Crippen LogP contribution is 2.10. The fourth-order valence-electron chi connectivity index (χ4n) is 2.02. The second-order valence-electron chi connectivity index (χ2n) is 4.41. The zero-order valence-corrected chi connectivity index (χ0v) is 10.0. The lowest BCUT2D eigenvalue weighted by Crippen LogP contribution is -2.43. The Morgan fingerprint density at radius 1 is 1.50 bits per heavy atom. The molecule has 0 bridgehead atoms. The van der Waals surface area contributed by atoms with Gasteiger partial charge in [-0.2, -0.15) is 0 Å². The number of rotatable bonds is 6. The van der Waals surface area contributed by atoms with Crippen molar-refractivity contribution in [1.82, 2.24) is 10.2 Å². The van der Waals surface area contributed by atoms with E-state index in [9.17, 15) is 4.79 Å². The molecule has 2 N–H and O–H groups in total. The van der Waals surface area contributed by atoms with Gasteiger partial charge in [0.25, 0.3) is 0 Å². The van der Waals surface area contributed by atoms with Crippen LogP contribution in [0.3, 0.4) is 0 Å². The molecule has 0 aromatic carbocycles. The van der Waals surface area contributed by atoms with Crippen molar-refractivity contribution in [2.45, 2.75) is 32.2 Å². The largest absolute Gasteiger partial charge is 0.478 e. The number of carbonyl (C=O) groups is 1. The van der Waals surface area contributed by atoms with E-state index in [1.165, 1.54) is 13.0 Å². The van der Waals surface area contributed by atoms with Gasteiger partial charge in [0.2, 0.25) is 0 Å². The van der Waals surface area contributed by atoms with Gasteiger partial charge in [-0.25, -0.2) is 4.79 Å². The summed E-state index contributed by atoms with van der Waals surface area (Å²) in [4.78, 5) is 13.0. The van der Waals surface area contributed by atoms with Gasteiger partial charge in [0, 0.05) is 18.2 Å². The molecule has 4 nitrogen and oxygen atoms in total. The number of piperidine rings is 1. The van der Waals surface area contributed by atoms with Crippen molar-refractivity contribution in [3.8, 4) is 0 Å². The third-order valence-corrected chi connectivity index (χ3v) is 3.03. The van der Waals surface area contributed by atoms with E-state index in [1.54, 1.807) is 0 Å². The first-order valence-electron chi connectivity index (χ1n) is 6.00. The maximum atomic E-state index is 10.6. The molecule has 0 aromatic heterocycles. The summed E-state index contributed by atoms with van der Waals surface area (Å²) >= 11 is 0. The van der Waals surface area contributed by atoms with Crippen LogP contribution in [-0.4, -0.2) is 48.2 Å².